The second kappa shape index (κ2) is 5.63. The van der Waals surface area contributed by atoms with Crippen LogP contribution in [0.25, 0.3) is 11.4 Å². The third-order valence-electron chi connectivity index (χ3n) is 2.17. The first-order valence-corrected chi connectivity index (χ1v) is 5.71. The minimum atomic E-state index is -2.42. The molecule has 0 atom stereocenters. The first-order valence-electron chi connectivity index (χ1n) is 4.95. The Hall–Kier alpha value is -1.53. The van der Waals surface area contributed by atoms with Crippen molar-refractivity contribution < 1.29 is 17.7 Å². The Morgan fingerprint density at radius 1 is 1.16 bits per heavy atom. The Bertz CT molecular complexity index is 618. The summed E-state index contributed by atoms with van der Waals surface area (Å²) in [5.41, 5.74) is 0.297. The molecular formula is C11H5Cl2F3N2O. The van der Waals surface area contributed by atoms with E-state index in [1.165, 1.54) is 0 Å². The Morgan fingerprint density at radius 3 is 2.37 bits per heavy atom. The fourth-order valence-electron chi connectivity index (χ4n) is 1.34. The molecule has 2 rings (SSSR count). The van der Waals surface area contributed by atoms with Gasteiger partial charge in [-0.15, -0.1) is 0 Å². The van der Waals surface area contributed by atoms with Gasteiger partial charge in [0.05, 0.1) is 22.0 Å². The third kappa shape index (κ3) is 3.08. The monoisotopic (exact) mass is 308 g/mol. The summed E-state index contributed by atoms with van der Waals surface area (Å²) in [4.78, 5) is 3.77. The van der Waals surface area contributed by atoms with Crippen LogP contribution in [0, 0.1) is 0 Å². The smallest absolute Gasteiger partial charge is 0.302 e. The molecule has 0 aliphatic heterocycles. The molecule has 0 saturated heterocycles. The van der Waals surface area contributed by atoms with Crippen LogP contribution in [0.1, 0.15) is 5.89 Å². The van der Waals surface area contributed by atoms with E-state index >= 15 is 0 Å². The molecule has 0 saturated carbocycles. The van der Waals surface area contributed by atoms with Crippen molar-refractivity contribution in [1.82, 2.24) is 10.1 Å². The van der Waals surface area contributed by atoms with Crippen molar-refractivity contribution in [3.63, 3.8) is 0 Å². The van der Waals surface area contributed by atoms with Gasteiger partial charge in [-0.05, 0) is 12.1 Å². The summed E-state index contributed by atoms with van der Waals surface area (Å²) in [6.45, 7) is 0. The predicted molar refractivity (Wildman–Crippen MR) is 63.8 cm³/mol. The molecule has 100 valence electrons. The van der Waals surface area contributed by atoms with Gasteiger partial charge >= 0.3 is 6.08 Å². The second-order valence-corrected chi connectivity index (χ2v) is 4.26. The average molecular weight is 309 g/mol. The molecule has 1 heterocycles. The number of benzene rings is 1. The molecule has 0 spiro atoms. The van der Waals surface area contributed by atoms with E-state index in [0.717, 1.165) is 0 Å². The molecule has 3 nitrogen and oxygen atoms in total. The lowest BCUT2D eigenvalue weighted by atomic mass is 10.2. The van der Waals surface area contributed by atoms with Gasteiger partial charge in [0.1, 0.15) is 0 Å². The van der Waals surface area contributed by atoms with Crippen molar-refractivity contribution >= 4 is 23.2 Å². The van der Waals surface area contributed by atoms with Crippen LogP contribution < -0.4 is 0 Å². The normalized spacial score (nSPS) is 10.6. The van der Waals surface area contributed by atoms with Crippen molar-refractivity contribution in [3.05, 3.63) is 46.0 Å². The minimum absolute atomic E-state index is 0.0117. The largest absolute Gasteiger partial charge is 0.339 e. The van der Waals surface area contributed by atoms with E-state index in [-0.39, 0.29) is 21.8 Å². The van der Waals surface area contributed by atoms with Crippen LogP contribution >= 0.6 is 23.2 Å². The van der Waals surface area contributed by atoms with Crippen LogP contribution in [0.3, 0.4) is 0 Å². The summed E-state index contributed by atoms with van der Waals surface area (Å²) in [5, 5.41) is 4.07. The maximum Gasteiger partial charge on any atom is 0.302 e. The highest BCUT2D eigenvalue weighted by Gasteiger charge is 2.17. The molecule has 0 fully saturated rings. The van der Waals surface area contributed by atoms with Crippen molar-refractivity contribution in [3.8, 4) is 11.4 Å². The zero-order valence-electron chi connectivity index (χ0n) is 9.13. The highest BCUT2D eigenvalue weighted by atomic mass is 35.5. The van der Waals surface area contributed by atoms with Gasteiger partial charge in [-0.2, -0.15) is 13.8 Å². The van der Waals surface area contributed by atoms with Crippen molar-refractivity contribution in [2.75, 3.05) is 0 Å². The Kier molecular flexibility index (Phi) is 4.11. The van der Waals surface area contributed by atoms with Gasteiger partial charge in [-0.25, -0.2) is 4.39 Å². The molecule has 2 aromatic rings. The van der Waals surface area contributed by atoms with Crippen LogP contribution in [0.4, 0.5) is 13.2 Å². The van der Waals surface area contributed by atoms with Gasteiger partial charge < -0.3 is 4.52 Å². The van der Waals surface area contributed by atoms with Crippen LogP contribution in [0.5, 0.6) is 0 Å². The van der Waals surface area contributed by atoms with Crippen LogP contribution in [0.15, 0.2) is 34.6 Å². The molecule has 0 radical (unpaired) electrons. The molecule has 0 N–H and O–H groups in total. The lowest BCUT2D eigenvalue weighted by Gasteiger charge is -2.00. The first kappa shape index (κ1) is 13.9. The van der Waals surface area contributed by atoms with Gasteiger partial charge in [0.2, 0.25) is 11.7 Å². The third-order valence-corrected chi connectivity index (χ3v) is 2.80. The quantitative estimate of drug-likeness (QED) is 0.827. The SMILES string of the molecule is FC(F)=C(F)Cc1nc(-c2c(Cl)cccc2Cl)no1. The van der Waals surface area contributed by atoms with Gasteiger partial charge in [0.15, 0.2) is 5.83 Å². The van der Waals surface area contributed by atoms with E-state index in [9.17, 15) is 13.2 Å². The number of halogens is 5. The average Bonchev–Trinajstić information content (AvgIpc) is 2.77. The summed E-state index contributed by atoms with van der Waals surface area (Å²) in [5.74, 6) is -1.91. The molecule has 1 aromatic heterocycles. The summed E-state index contributed by atoms with van der Waals surface area (Å²) >= 11 is 11.8. The fraction of sp³-hybridized carbons (Fsp3) is 0.0909. The topological polar surface area (TPSA) is 38.9 Å². The molecule has 8 heteroatoms. The predicted octanol–water partition coefficient (Wildman–Crippen LogP) is 4.66. The lowest BCUT2D eigenvalue weighted by Crippen LogP contribution is -1.88. The molecule has 0 aliphatic carbocycles. The van der Waals surface area contributed by atoms with Gasteiger partial charge in [0, 0.05) is 0 Å². The number of hydrogen-bond acceptors (Lipinski definition) is 3. The molecule has 0 amide bonds. The highest BCUT2D eigenvalue weighted by molar-refractivity contribution is 6.38. The van der Waals surface area contributed by atoms with Crippen molar-refractivity contribution in [2.24, 2.45) is 0 Å². The van der Waals surface area contributed by atoms with Crippen LogP contribution in [-0.2, 0) is 6.42 Å². The first-order chi connectivity index (χ1) is 8.99. The summed E-state index contributed by atoms with van der Waals surface area (Å²) in [6, 6.07) is 4.73. The summed E-state index contributed by atoms with van der Waals surface area (Å²) in [7, 11) is 0. The summed E-state index contributed by atoms with van der Waals surface area (Å²) in [6.07, 6.45) is -3.20. The molecule has 0 bridgehead atoms. The number of aromatic nitrogens is 2. The van der Waals surface area contributed by atoms with E-state index in [1.807, 2.05) is 0 Å². The van der Waals surface area contributed by atoms with Gasteiger partial charge in [0.25, 0.3) is 0 Å². The minimum Gasteiger partial charge on any atom is -0.339 e. The fourth-order valence-corrected chi connectivity index (χ4v) is 1.91. The van der Waals surface area contributed by atoms with E-state index in [0.29, 0.717) is 5.56 Å². The van der Waals surface area contributed by atoms with Crippen LogP contribution in [0.2, 0.25) is 10.0 Å². The van der Waals surface area contributed by atoms with Gasteiger partial charge in [-0.3, -0.25) is 0 Å². The molecule has 19 heavy (non-hydrogen) atoms. The molecule has 1 aromatic carbocycles. The van der Waals surface area contributed by atoms with E-state index in [2.05, 4.69) is 14.7 Å². The van der Waals surface area contributed by atoms with E-state index < -0.39 is 18.3 Å². The maximum absolute atomic E-state index is 12.7. The number of hydrogen-bond donors (Lipinski definition) is 0. The molecule has 0 unspecified atom stereocenters. The van der Waals surface area contributed by atoms with E-state index in [4.69, 9.17) is 23.2 Å². The summed E-state index contributed by atoms with van der Waals surface area (Å²) < 4.78 is 41.3. The number of allylic oxidation sites excluding steroid dienone is 1. The Balaban J connectivity index is 2.34. The zero-order valence-corrected chi connectivity index (χ0v) is 10.6. The highest BCUT2D eigenvalue weighted by Crippen LogP contribution is 2.32. The van der Waals surface area contributed by atoms with Gasteiger partial charge in [-0.1, -0.05) is 34.4 Å². The van der Waals surface area contributed by atoms with Crippen molar-refractivity contribution in [2.45, 2.75) is 6.42 Å². The Morgan fingerprint density at radius 2 is 1.79 bits per heavy atom. The number of rotatable bonds is 3. The van der Waals surface area contributed by atoms with Crippen LogP contribution in [-0.4, -0.2) is 10.1 Å². The molecular weight excluding hydrogens is 304 g/mol. The number of nitrogens with zero attached hydrogens (tertiary/aromatic N) is 2. The van der Waals surface area contributed by atoms with E-state index in [1.54, 1.807) is 18.2 Å². The zero-order chi connectivity index (χ0) is 14.0. The Labute approximate surface area is 115 Å². The van der Waals surface area contributed by atoms with Crippen molar-refractivity contribution in [1.29, 1.82) is 0 Å². The standard InChI is InChI=1S/C11H5Cl2F3N2O/c12-5-2-1-3-6(13)9(5)11-17-8(19-18-11)4-7(14)10(15)16/h1-3H,4H2. The maximum atomic E-state index is 12.7. The lowest BCUT2D eigenvalue weighted by molar-refractivity contribution is 0.347. The molecule has 0 aliphatic rings. The second-order valence-electron chi connectivity index (χ2n) is 3.45.